The second-order valence-corrected chi connectivity index (χ2v) is 4.80. The molecule has 0 saturated carbocycles. The van der Waals surface area contributed by atoms with Gasteiger partial charge >= 0.3 is 0 Å². The van der Waals surface area contributed by atoms with Gasteiger partial charge in [-0.1, -0.05) is 6.07 Å². The molecule has 0 aromatic carbocycles. The molecule has 0 unspecified atom stereocenters. The van der Waals surface area contributed by atoms with Gasteiger partial charge in [0, 0.05) is 13.1 Å². The number of hydrogen-bond donors (Lipinski definition) is 1. The number of nitrogens with two attached hydrogens (primary N) is 1. The molecule has 1 fully saturated rings. The van der Waals surface area contributed by atoms with Crippen LogP contribution in [0.3, 0.4) is 0 Å². The quantitative estimate of drug-likeness (QED) is 0.853. The summed E-state index contributed by atoms with van der Waals surface area (Å²) in [5.41, 5.74) is 5.67. The Morgan fingerprint density at radius 3 is 2.62 bits per heavy atom. The number of anilines is 1. The first kappa shape index (κ1) is 13.7. The first-order valence-electron chi connectivity index (χ1n) is 5.37. The maximum atomic E-state index is 5.67. The standard InChI is InChI=1S/C11H16BrN3.ClH/c12-10-2-1-3-11(14-10)15-6-4-9(8-13)5-7-15;/h1-3,9H,4-8,13H2;1H. The Labute approximate surface area is 111 Å². The summed E-state index contributed by atoms with van der Waals surface area (Å²) in [6, 6.07) is 6.05. The lowest BCUT2D eigenvalue weighted by atomic mass is 9.97. The number of hydrogen-bond acceptors (Lipinski definition) is 3. The summed E-state index contributed by atoms with van der Waals surface area (Å²) in [7, 11) is 0. The number of nitrogens with zero attached hydrogens (tertiary/aromatic N) is 2. The van der Waals surface area contributed by atoms with E-state index in [1.54, 1.807) is 0 Å². The Balaban J connectivity index is 0.00000128. The minimum absolute atomic E-state index is 0. The van der Waals surface area contributed by atoms with E-state index < -0.39 is 0 Å². The molecule has 1 saturated heterocycles. The smallest absolute Gasteiger partial charge is 0.129 e. The third kappa shape index (κ3) is 3.34. The highest BCUT2D eigenvalue weighted by Gasteiger charge is 2.18. The third-order valence-electron chi connectivity index (χ3n) is 2.97. The fourth-order valence-corrected chi connectivity index (χ4v) is 2.31. The monoisotopic (exact) mass is 305 g/mol. The van der Waals surface area contributed by atoms with Gasteiger partial charge in [0.1, 0.15) is 10.4 Å². The molecule has 2 rings (SSSR count). The molecular formula is C11H17BrClN3. The second kappa shape index (κ2) is 6.42. The van der Waals surface area contributed by atoms with Crippen LogP contribution in [0.25, 0.3) is 0 Å². The molecule has 1 aromatic rings. The lowest BCUT2D eigenvalue weighted by Gasteiger charge is -2.32. The Hall–Kier alpha value is -0.320. The van der Waals surface area contributed by atoms with E-state index in [1.165, 1.54) is 12.8 Å². The van der Waals surface area contributed by atoms with Crippen LogP contribution in [0.4, 0.5) is 5.82 Å². The average Bonchev–Trinajstić information content (AvgIpc) is 2.29. The Morgan fingerprint density at radius 1 is 1.38 bits per heavy atom. The summed E-state index contributed by atoms with van der Waals surface area (Å²) in [4.78, 5) is 6.79. The van der Waals surface area contributed by atoms with Gasteiger partial charge in [0.15, 0.2) is 0 Å². The van der Waals surface area contributed by atoms with Crippen molar-refractivity contribution in [3.63, 3.8) is 0 Å². The van der Waals surface area contributed by atoms with Gasteiger partial charge < -0.3 is 10.6 Å². The van der Waals surface area contributed by atoms with Crippen molar-refractivity contribution in [2.45, 2.75) is 12.8 Å². The van der Waals surface area contributed by atoms with Crippen molar-refractivity contribution < 1.29 is 0 Å². The summed E-state index contributed by atoms with van der Waals surface area (Å²) in [5.74, 6) is 1.77. The summed E-state index contributed by atoms with van der Waals surface area (Å²) in [6.45, 7) is 2.97. The topological polar surface area (TPSA) is 42.1 Å². The molecule has 2 N–H and O–H groups in total. The molecule has 3 nitrogen and oxygen atoms in total. The van der Waals surface area contributed by atoms with Crippen molar-refractivity contribution in [3.05, 3.63) is 22.8 Å². The zero-order chi connectivity index (χ0) is 10.7. The zero-order valence-corrected chi connectivity index (χ0v) is 11.5. The van der Waals surface area contributed by atoms with Crippen LogP contribution in [0.5, 0.6) is 0 Å². The predicted molar refractivity (Wildman–Crippen MR) is 73.2 cm³/mol. The third-order valence-corrected chi connectivity index (χ3v) is 3.41. The molecule has 0 spiro atoms. The predicted octanol–water partition coefficient (Wildman–Crippen LogP) is 2.44. The molecule has 1 aliphatic rings. The zero-order valence-electron chi connectivity index (χ0n) is 9.10. The van der Waals surface area contributed by atoms with Crippen molar-refractivity contribution in [1.29, 1.82) is 0 Å². The molecule has 1 aromatic heterocycles. The Kier molecular flexibility index (Phi) is 5.52. The van der Waals surface area contributed by atoms with Gasteiger partial charge in [-0.25, -0.2) is 4.98 Å². The minimum Gasteiger partial charge on any atom is -0.357 e. The van der Waals surface area contributed by atoms with E-state index in [1.807, 2.05) is 12.1 Å². The molecular weight excluding hydrogens is 289 g/mol. The van der Waals surface area contributed by atoms with E-state index in [2.05, 4.69) is 31.9 Å². The highest BCUT2D eigenvalue weighted by molar-refractivity contribution is 9.10. The van der Waals surface area contributed by atoms with Crippen molar-refractivity contribution in [1.82, 2.24) is 4.98 Å². The Bertz CT molecular complexity index is 327. The highest BCUT2D eigenvalue weighted by atomic mass is 79.9. The van der Waals surface area contributed by atoms with Crippen LogP contribution in [-0.4, -0.2) is 24.6 Å². The lowest BCUT2D eigenvalue weighted by molar-refractivity contribution is 0.413. The first-order chi connectivity index (χ1) is 7.29. The summed E-state index contributed by atoms with van der Waals surface area (Å²) in [6.07, 6.45) is 2.37. The van der Waals surface area contributed by atoms with Gasteiger partial charge in [-0.3, -0.25) is 0 Å². The number of rotatable bonds is 2. The van der Waals surface area contributed by atoms with Crippen molar-refractivity contribution >= 4 is 34.2 Å². The first-order valence-corrected chi connectivity index (χ1v) is 6.16. The van der Waals surface area contributed by atoms with Crippen LogP contribution in [0, 0.1) is 5.92 Å². The van der Waals surface area contributed by atoms with Crippen LogP contribution in [0.2, 0.25) is 0 Å². The average molecular weight is 307 g/mol. The maximum absolute atomic E-state index is 5.67. The molecule has 2 heterocycles. The summed E-state index contributed by atoms with van der Waals surface area (Å²) < 4.78 is 0.904. The van der Waals surface area contributed by atoms with Crippen LogP contribution in [0.1, 0.15) is 12.8 Å². The summed E-state index contributed by atoms with van der Waals surface area (Å²) in [5, 5.41) is 0. The van der Waals surface area contributed by atoms with Crippen LogP contribution in [-0.2, 0) is 0 Å². The van der Waals surface area contributed by atoms with Gasteiger partial charge in [0.05, 0.1) is 0 Å². The number of aromatic nitrogens is 1. The van der Waals surface area contributed by atoms with Gasteiger partial charge in [0.25, 0.3) is 0 Å². The van der Waals surface area contributed by atoms with Crippen molar-refractivity contribution in [2.24, 2.45) is 11.7 Å². The minimum atomic E-state index is 0. The number of piperidine rings is 1. The normalized spacial score (nSPS) is 17.0. The van der Waals surface area contributed by atoms with Crippen molar-refractivity contribution in [3.8, 4) is 0 Å². The van der Waals surface area contributed by atoms with E-state index in [4.69, 9.17) is 5.73 Å². The van der Waals surface area contributed by atoms with E-state index in [0.717, 1.165) is 30.1 Å². The number of halogens is 2. The highest BCUT2D eigenvalue weighted by Crippen LogP contribution is 2.22. The molecule has 90 valence electrons. The summed E-state index contributed by atoms with van der Waals surface area (Å²) >= 11 is 3.40. The molecule has 0 bridgehead atoms. The molecule has 0 amide bonds. The molecule has 5 heteroatoms. The van der Waals surface area contributed by atoms with Crippen LogP contribution >= 0.6 is 28.3 Å². The van der Waals surface area contributed by atoms with E-state index >= 15 is 0 Å². The molecule has 16 heavy (non-hydrogen) atoms. The van der Waals surface area contributed by atoms with Crippen molar-refractivity contribution in [2.75, 3.05) is 24.5 Å². The molecule has 1 aliphatic heterocycles. The Morgan fingerprint density at radius 2 is 2.06 bits per heavy atom. The number of pyridine rings is 1. The van der Waals surface area contributed by atoms with Gasteiger partial charge in [0.2, 0.25) is 0 Å². The fourth-order valence-electron chi connectivity index (χ4n) is 1.97. The largest absolute Gasteiger partial charge is 0.357 e. The molecule has 0 atom stereocenters. The SMILES string of the molecule is Cl.NCC1CCN(c2cccc(Br)n2)CC1. The van der Waals surface area contributed by atoms with Gasteiger partial charge in [-0.15, -0.1) is 12.4 Å². The van der Waals surface area contributed by atoms with Gasteiger partial charge in [-0.05, 0) is 53.4 Å². The lowest BCUT2D eigenvalue weighted by Crippen LogP contribution is -2.36. The van der Waals surface area contributed by atoms with E-state index in [9.17, 15) is 0 Å². The fraction of sp³-hybridized carbons (Fsp3) is 0.545. The van der Waals surface area contributed by atoms with E-state index in [0.29, 0.717) is 5.92 Å². The van der Waals surface area contributed by atoms with Gasteiger partial charge in [-0.2, -0.15) is 0 Å². The van der Waals surface area contributed by atoms with Crippen LogP contribution in [0.15, 0.2) is 22.8 Å². The van der Waals surface area contributed by atoms with Crippen LogP contribution < -0.4 is 10.6 Å². The molecule has 0 radical (unpaired) electrons. The second-order valence-electron chi connectivity index (χ2n) is 3.98. The molecule has 0 aliphatic carbocycles. The maximum Gasteiger partial charge on any atom is 0.129 e. The van der Waals surface area contributed by atoms with E-state index in [-0.39, 0.29) is 12.4 Å².